The Morgan fingerprint density at radius 2 is 1.43 bits per heavy atom. The third kappa shape index (κ3) is 2.53. The SMILES string of the molecule is CC1(C)c2ccccc2N2c3c(cccc31)B1c3c(cc4c(sc5ccccc54)c32)-c2cccc3c4c5ccccc5oc4n1c23. The van der Waals surface area contributed by atoms with Gasteiger partial charge in [0.25, 0.3) is 0 Å². The number of aromatic nitrogens is 1. The Kier molecular flexibility index (Phi) is 4.05. The zero-order valence-electron chi connectivity index (χ0n) is 25.3. The van der Waals surface area contributed by atoms with E-state index in [4.69, 9.17) is 4.42 Å². The lowest BCUT2D eigenvalue weighted by atomic mass is 9.44. The van der Waals surface area contributed by atoms with Crippen LogP contribution in [0.25, 0.3) is 64.3 Å². The predicted octanol–water partition coefficient (Wildman–Crippen LogP) is 9.97. The number of anilines is 3. The van der Waals surface area contributed by atoms with Crippen LogP contribution in [-0.4, -0.2) is 11.3 Å². The second-order valence-corrected chi connectivity index (χ2v) is 14.7. The van der Waals surface area contributed by atoms with E-state index in [0.717, 1.165) is 11.3 Å². The Balaban J connectivity index is 1.36. The minimum atomic E-state index is -0.153. The predicted molar refractivity (Wildman–Crippen MR) is 195 cm³/mol. The van der Waals surface area contributed by atoms with Crippen molar-refractivity contribution >= 4 is 99.3 Å². The molecule has 0 bridgehead atoms. The number of furan rings is 1. The minimum absolute atomic E-state index is 0.0256. The lowest BCUT2D eigenvalue weighted by Crippen LogP contribution is -2.58. The quantitative estimate of drug-likeness (QED) is 0.161. The van der Waals surface area contributed by atoms with Crippen molar-refractivity contribution < 1.29 is 4.42 Å². The van der Waals surface area contributed by atoms with E-state index in [9.17, 15) is 0 Å². The zero-order valence-corrected chi connectivity index (χ0v) is 26.1. The van der Waals surface area contributed by atoms with E-state index >= 15 is 0 Å². The van der Waals surface area contributed by atoms with Crippen LogP contribution in [0.4, 0.5) is 17.1 Å². The van der Waals surface area contributed by atoms with Crippen LogP contribution in [0.15, 0.2) is 120 Å². The van der Waals surface area contributed by atoms with Gasteiger partial charge >= 0.3 is 6.85 Å². The van der Waals surface area contributed by atoms with Gasteiger partial charge in [-0.1, -0.05) is 105 Å². The van der Waals surface area contributed by atoms with E-state index < -0.39 is 0 Å². The molecule has 214 valence electrons. The van der Waals surface area contributed by atoms with Crippen LogP contribution >= 0.6 is 11.3 Å². The third-order valence-electron chi connectivity index (χ3n) is 11.1. The highest BCUT2D eigenvalue weighted by molar-refractivity contribution is 7.26. The fraction of sp³-hybridized carbons (Fsp3) is 0.0732. The molecule has 6 heterocycles. The topological polar surface area (TPSA) is 21.3 Å². The lowest BCUT2D eigenvalue weighted by Gasteiger charge is -2.48. The summed E-state index contributed by atoms with van der Waals surface area (Å²) < 4.78 is 12.1. The van der Waals surface area contributed by atoms with Crippen LogP contribution in [0.1, 0.15) is 25.0 Å². The first-order valence-electron chi connectivity index (χ1n) is 16.1. The van der Waals surface area contributed by atoms with Crippen LogP contribution in [0, 0.1) is 0 Å². The number of benzene rings is 6. The maximum absolute atomic E-state index is 6.86. The first-order chi connectivity index (χ1) is 22.6. The Bertz CT molecular complexity index is 2870. The van der Waals surface area contributed by atoms with Gasteiger partial charge in [-0.2, -0.15) is 0 Å². The molecule has 0 atom stereocenters. The van der Waals surface area contributed by atoms with Crippen molar-refractivity contribution in [2.24, 2.45) is 0 Å². The maximum atomic E-state index is 6.86. The van der Waals surface area contributed by atoms with Gasteiger partial charge in [0.1, 0.15) is 5.58 Å². The van der Waals surface area contributed by atoms with Gasteiger partial charge in [-0.3, -0.25) is 0 Å². The maximum Gasteiger partial charge on any atom is 0.336 e. The van der Waals surface area contributed by atoms with Crippen molar-refractivity contribution in [3.05, 3.63) is 126 Å². The normalized spacial score (nSPS) is 15.3. The highest BCUT2D eigenvalue weighted by Gasteiger charge is 2.49. The summed E-state index contributed by atoms with van der Waals surface area (Å²) in [6, 6.07) is 42.9. The molecule has 12 rings (SSSR count). The Labute approximate surface area is 269 Å². The summed E-state index contributed by atoms with van der Waals surface area (Å²) in [5.41, 5.74) is 15.0. The smallest absolute Gasteiger partial charge is 0.336 e. The van der Waals surface area contributed by atoms with Gasteiger partial charge < -0.3 is 13.8 Å². The summed E-state index contributed by atoms with van der Waals surface area (Å²) in [5.74, 6) is 0. The van der Waals surface area contributed by atoms with Gasteiger partial charge in [0.05, 0.1) is 21.5 Å². The molecular weight excluding hydrogens is 579 g/mol. The van der Waals surface area contributed by atoms with E-state index in [0.29, 0.717) is 0 Å². The highest BCUT2D eigenvalue weighted by atomic mass is 32.1. The Morgan fingerprint density at radius 1 is 0.674 bits per heavy atom. The zero-order chi connectivity index (χ0) is 30.1. The first kappa shape index (κ1) is 24.0. The molecule has 3 aromatic heterocycles. The number of nitrogens with zero attached hydrogens (tertiary/aromatic N) is 2. The minimum Gasteiger partial charge on any atom is -0.441 e. The van der Waals surface area contributed by atoms with Gasteiger partial charge in [0.2, 0.25) is 0 Å². The second kappa shape index (κ2) is 7.75. The van der Waals surface area contributed by atoms with Crippen molar-refractivity contribution in [1.29, 1.82) is 0 Å². The van der Waals surface area contributed by atoms with Crippen molar-refractivity contribution in [3.63, 3.8) is 0 Å². The van der Waals surface area contributed by atoms with E-state index in [1.807, 2.05) is 11.3 Å². The standard InChI is InChI=1S/C41H25BN2OS/c1-41(2)28-15-5-6-18-31(28)43-37-29(41)16-10-17-30(37)42-35-26(21-27-22-11-4-8-20-33(22)46-39(27)38(35)43)23-13-9-14-25-34-24-12-3-7-19-32(24)45-40(34)44(42)36(23)25/h3-21H,1-2H3. The molecule has 46 heavy (non-hydrogen) atoms. The Hall–Kier alpha value is -5.26. The van der Waals surface area contributed by atoms with Crippen LogP contribution < -0.4 is 15.8 Å². The first-order valence-corrected chi connectivity index (χ1v) is 16.9. The lowest BCUT2D eigenvalue weighted by molar-refractivity contribution is 0.632. The molecule has 0 saturated carbocycles. The number of fused-ring (bicyclic) bond motifs is 15. The molecule has 9 aromatic rings. The highest BCUT2D eigenvalue weighted by Crippen LogP contribution is 2.57. The summed E-state index contributed by atoms with van der Waals surface area (Å²) in [6.45, 7) is 4.75. The monoisotopic (exact) mass is 604 g/mol. The van der Waals surface area contributed by atoms with Crippen LogP contribution in [0.3, 0.4) is 0 Å². The molecule has 3 nitrogen and oxygen atoms in total. The van der Waals surface area contributed by atoms with Crippen LogP contribution in [-0.2, 0) is 5.41 Å². The molecule has 3 aliphatic rings. The number of thiophene rings is 1. The largest absolute Gasteiger partial charge is 0.441 e. The average Bonchev–Trinajstić information content (AvgIpc) is 3.75. The molecule has 0 saturated heterocycles. The molecule has 0 fully saturated rings. The molecule has 0 N–H and O–H groups in total. The van der Waals surface area contributed by atoms with Crippen molar-refractivity contribution in [3.8, 4) is 11.1 Å². The van der Waals surface area contributed by atoms with Gasteiger partial charge in [-0.15, -0.1) is 11.3 Å². The molecule has 5 heteroatoms. The number of hydrogen-bond acceptors (Lipinski definition) is 3. The molecule has 3 aliphatic heterocycles. The van der Waals surface area contributed by atoms with Crippen molar-refractivity contribution in [2.75, 3.05) is 4.90 Å². The number of para-hydroxylation sites is 4. The molecule has 0 spiro atoms. The van der Waals surface area contributed by atoms with Crippen molar-refractivity contribution in [1.82, 2.24) is 4.48 Å². The summed E-state index contributed by atoms with van der Waals surface area (Å²) in [6.07, 6.45) is 0. The van der Waals surface area contributed by atoms with Gasteiger partial charge in [-0.25, -0.2) is 0 Å². The van der Waals surface area contributed by atoms with E-state index in [1.54, 1.807) is 0 Å². The fourth-order valence-corrected chi connectivity index (χ4v) is 10.5. The van der Waals surface area contributed by atoms with Crippen molar-refractivity contribution in [2.45, 2.75) is 19.3 Å². The number of rotatable bonds is 0. The summed E-state index contributed by atoms with van der Waals surface area (Å²) in [4.78, 5) is 2.63. The second-order valence-electron chi connectivity index (χ2n) is 13.6. The van der Waals surface area contributed by atoms with Crippen LogP contribution in [0.5, 0.6) is 0 Å². The van der Waals surface area contributed by atoms with E-state index in [1.165, 1.54) is 92.1 Å². The number of hydrogen-bond donors (Lipinski definition) is 0. The molecule has 0 aliphatic carbocycles. The summed E-state index contributed by atoms with van der Waals surface area (Å²) in [5, 5.41) is 6.32. The molecular formula is C41H25BN2OS. The van der Waals surface area contributed by atoms with Gasteiger partial charge in [0.15, 0.2) is 5.71 Å². The average molecular weight is 605 g/mol. The Morgan fingerprint density at radius 3 is 2.37 bits per heavy atom. The molecule has 0 unspecified atom stereocenters. The van der Waals surface area contributed by atoms with Gasteiger partial charge in [0, 0.05) is 48.4 Å². The molecule has 0 amide bonds. The molecule has 0 radical (unpaired) electrons. The fourth-order valence-electron chi connectivity index (χ4n) is 9.27. The van der Waals surface area contributed by atoms with E-state index in [2.05, 4.69) is 138 Å². The van der Waals surface area contributed by atoms with Crippen LogP contribution in [0.2, 0.25) is 0 Å². The third-order valence-corrected chi connectivity index (χ3v) is 12.3. The summed E-state index contributed by atoms with van der Waals surface area (Å²) in [7, 11) is 0. The van der Waals surface area contributed by atoms with Gasteiger partial charge in [-0.05, 0) is 51.9 Å². The summed E-state index contributed by atoms with van der Waals surface area (Å²) >= 11 is 1.93. The van der Waals surface area contributed by atoms with E-state index in [-0.39, 0.29) is 12.3 Å². The molecule has 6 aromatic carbocycles.